The Balaban J connectivity index is 2.39. The van der Waals surface area contributed by atoms with Gasteiger partial charge in [0, 0.05) is 6.07 Å². The molecule has 0 saturated carbocycles. The zero-order chi connectivity index (χ0) is 12.6. The number of halogens is 1. The average Bonchev–Trinajstić information content (AvgIpc) is 2.57. The van der Waals surface area contributed by atoms with Crippen molar-refractivity contribution in [1.29, 1.82) is 0 Å². The molecule has 0 aliphatic carbocycles. The zero-order valence-electron chi connectivity index (χ0n) is 8.67. The molecule has 1 saturated heterocycles. The Labute approximate surface area is 95.4 Å². The molecule has 2 rings (SSSR count). The van der Waals surface area contributed by atoms with Crippen molar-refractivity contribution in [3.8, 4) is 0 Å². The van der Waals surface area contributed by atoms with E-state index in [1.54, 1.807) is 0 Å². The van der Waals surface area contributed by atoms with E-state index in [1.165, 1.54) is 0 Å². The van der Waals surface area contributed by atoms with Crippen LogP contribution in [0.1, 0.15) is 6.42 Å². The van der Waals surface area contributed by atoms with Crippen molar-refractivity contribution in [2.45, 2.75) is 12.5 Å². The molecule has 1 amide bonds. The molecule has 1 aliphatic rings. The standard InChI is InChI=1S/C10H9FN2O4/c11-6-1-7(3-8(2-6)13(16)17)12-5-9(14)4-10(12)15/h1-3,9,14H,4-5H2. The Hall–Kier alpha value is -2.02. The molecule has 0 radical (unpaired) electrons. The highest BCUT2D eigenvalue weighted by Crippen LogP contribution is 2.26. The molecule has 0 aromatic heterocycles. The minimum atomic E-state index is -0.815. The van der Waals surface area contributed by atoms with Crippen LogP contribution >= 0.6 is 0 Å². The molecular weight excluding hydrogens is 231 g/mol. The third-order valence-corrected chi connectivity index (χ3v) is 2.49. The molecule has 0 spiro atoms. The van der Waals surface area contributed by atoms with E-state index in [2.05, 4.69) is 0 Å². The number of non-ortho nitro benzene ring substituents is 1. The van der Waals surface area contributed by atoms with Crippen molar-refractivity contribution in [3.63, 3.8) is 0 Å². The summed E-state index contributed by atoms with van der Waals surface area (Å²) in [5.74, 6) is -1.17. The summed E-state index contributed by atoms with van der Waals surface area (Å²) in [5, 5.41) is 19.8. The van der Waals surface area contributed by atoms with Gasteiger partial charge in [-0.15, -0.1) is 0 Å². The highest BCUT2D eigenvalue weighted by Gasteiger charge is 2.30. The van der Waals surface area contributed by atoms with E-state index >= 15 is 0 Å². The van der Waals surface area contributed by atoms with Crippen LogP contribution < -0.4 is 4.90 Å². The number of nitro groups is 1. The van der Waals surface area contributed by atoms with Crippen LogP contribution in [0, 0.1) is 15.9 Å². The van der Waals surface area contributed by atoms with Gasteiger partial charge in [-0.2, -0.15) is 0 Å². The number of hydrogen-bond acceptors (Lipinski definition) is 4. The smallest absolute Gasteiger partial charge is 0.274 e. The molecule has 17 heavy (non-hydrogen) atoms. The quantitative estimate of drug-likeness (QED) is 0.613. The SMILES string of the molecule is O=C1CC(O)CN1c1cc(F)cc([N+](=O)[O-])c1. The number of aliphatic hydroxyl groups excluding tert-OH is 1. The van der Waals surface area contributed by atoms with Gasteiger partial charge in [0.2, 0.25) is 5.91 Å². The van der Waals surface area contributed by atoms with Crippen molar-refractivity contribution in [3.05, 3.63) is 34.1 Å². The summed E-state index contributed by atoms with van der Waals surface area (Å²) in [6, 6.07) is 2.92. The van der Waals surface area contributed by atoms with E-state index in [1.807, 2.05) is 0 Å². The summed E-state index contributed by atoms with van der Waals surface area (Å²) in [6.07, 6.45) is -0.866. The number of anilines is 1. The van der Waals surface area contributed by atoms with Gasteiger partial charge in [0.1, 0.15) is 5.82 Å². The largest absolute Gasteiger partial charge is 0.391 e. The fraction of sp³-hybridized carbons (Fsp3) is 0.300. The van der Waals surface area contributed by atoms with Gasteiger partial charge in [0.25, 0.3) is 5.69 Å². The second-order valence-corrected chi connectivity index (χ2v) is 3.79. The topological polar surface area (TPSA) is 83.7 Å². The lowest BCUT2D eigenvalue weighted by molar-refractivity contribution is -0.385. The third kappa shape index (κ3) is 2.23. The Morgan fingerprint density at radius 3 is 2.71 bits per heavy atom. The Bertz CT molecular complexity index is 491. The van der Waals surface area contributed by atoms with Gasteiger partial charge in [-0.25, -0.2) is 4.39 Å². The van der Waals surface area contributed by atoms with Gasteiger partial charge in [-0.3, -0.25) is 14.9 Å². The molecular formula is C10H9FN2O4. The fourth-order valence-corrected chi connectivity index (χ4v) is 1.76. The molecule has 90 valence electrons. The predicted octanol–water partition coefficient (Wildman–Crippen LogP) is 0.832. The first-order valence-electron chi connectivity index (χ1n) is 4.91. The van der Waals surface area contributed by atoms with Crippen molar-refractivity contribution in [2.75, 3.05) is 11.4 Å². The van der Waals surface area contributed by atoms with Crippen molar-refractivity contribution < 1.29 is 19.2 Å². The molecule has 1 heterocycles. The van der Waals surface area contributed by atoms with Gasteiger partial charge in [0.15, 0.2) is 0 Å². The number of benzene rings is 1. The fourth-order valence-electron chi connectivity index (χ4n) is 1.76. The maximum Gasteiger partial charge on any atom is 0.274 e. The van der Waals surface area contributed by atoms with Gasteiger partial charge >= 0.3 is 0 Å². The third-order valence-electron chi connectivity index (χ3n) is 2.49. The first kappa shape index (κ1) is 11.5. The lowest BCUT2D eigenvalue weighted by Crippen LogP contribution is -2.25. The number of carbonyl (C=O) groups is 1. The predicted molar refractivity (Wildman–Crippen MR) is 56.0 cm³/mol. The first-order valence-corrected chi connectivity index (χ1v) is 4.91. The van der Waals surface area contributed by atoms with Crippen LogP contribution in [-0.2, 0) is 4.79 Å². The Morgan fingerprint density at radius 1 is 1.47 bits per heavy atom. The maximum absolute atomic E-state index is 13.2. The summed E-state index contributed by atoms with van der Waals surface area (Å²) in [4.78, 5) is 22.4. The average molecular weight is 240 g/mol. The van der Waals surface area contributed by atoms with Crippen molar-refractivity contribution in [1.82, 2.24) is 0 Å². The molecule has 7 heteroatoms. The van der Waals surface area contributed by atoms with Crippen molar-refractivity contribution >= 4 is 17.3 Å². The van der Waals surface area contributed by atoms with E-state index in [-0.39, 0.29) is 24.6 Å². The molecule has 1 aromatic carbocycles. The van der Waals surface area contributed by atoms with Crippen LogP contribution in [-0.4, -0.2) is 28.6 Å². The number of aliphatic hydroxyl groups is 1. The second-order valence-electron chi connectivity index (χ2n) is 3.79. The van der Waals surface area contributed by atoms with Crippen LogP contribution in [0.3, 0.4) is 0 Å². The lowest BCUT2D eigenvalue weighted by atomic mass is 10.2. The van der Waals surface area contributed by atoms with Gasteiger partial charge in [-0.1, -0.05) is 0 Å². The monoisotopic (exact) mass is 240 g/mol. The summed E-state index contributed by atoms with van der Waals surface area (Å²) in [6.45, 7) is 0.0272. The van der Waals surface area contributed by atoms with Crippen LogP contribution in [0.15, 0.2) is 18.2 Å². The number of hydrogen-bond donors (Lipinski definition) is 1. The molecule has 1 atom stereocenters. The van der Waals surface area contributed by atoms with Crippen molar-refractivity contribution in [2.24, 2.45) is 0 Å². The van der Waals surface area contributed by atoms with E-state index < -0.39 is 22.5 Å². The zero-order valence-corrected chi connectivity index (χ0v) is 8.67. The normalized spacial score (nSPS) is 19.8. The van der Waals surface area contributed by atoms with Crippen LogP contribution in [0.25, 0.3) is 0 Å². The van der Waals surface area contributed by atoms with Crippen LogP contribution in [0.5, 0.6) is 0 Å². The number of rotatable bonds is 2. The number of amides is 1. The number of carbonyl (C=O) groups excluding carboxylic acids is 1. The summed E-state index contributed by atoms with van der Waals surface area (Å²) >= 11 is 0. The molecule has 6 nitrogen and oxygen atoms in total. The molecule has 1 N–H and O–H groups in total. The number of β-amino-alcohol motifs (C(OH)–C–C–N with tert-alkyl or cyclic N) is 1. The molecule has 1 aliphatic heterocycles. The molecule has 1 aromatic rings. The Kier molecular flexibility index (Phi) is 2.76. The first-order chi connectivity index (χ1) is 7.97. The van der Waals surface area contributed by atoms with E-state index in [0.29, 0.717) is 0 Å². The van der Waals surface area contributed by atoms with Crippen LogP contribution in [0.4, 0.5) is 15.8 Å². The van der Waals surface area contributed by atoms with Crippen LogP contribution in [0.2, 0.25) is 0 Å². The molecule has 1 fully saturated rings. The van der Waals surface area contributed by atoms with Gasteiger partial charge < -0.3 is 10.0 Å². The highest BCUT2D eigenvalue weighted by molar-refractivity contribution is 5.96. The van der Waals surface area contributed by atoms with E-state index in [0.717, 1.165) is 23.1 Å². The Morgan fingerprint density at radius 2 is 2.18 bits per heavy atom. The van der Waals surface area contributed by atoms with E-state index in [9.17, 15) is 24.4 Å². The number of nitro benzene ring substituents is 1. The molecule has 1 unspecified atom stereocenters. The minimum Gasteiger partial charge on any atom is -0.391 e. The number of nitrogens with zero attached hydrogens (tertiary/aromatic N) is 2. The summed E-state index contributed by atoms with van der Waals surface area (Å²) < 4.78 is 13.2. The minimum absolute atomic E-state index is 0.0272. The van der Waals surface area contributed by atoms with Gasteiger partial charge in [-0.05, 0) is 6.07 Å². The summed E-state index contributed by atoms with van der Waals surface area (Å²) in [7, 11) is 0. The second kappa shape index (κ2) is 4.10. The summed E-state index contributed by atoms with van der Waals surface area (Å²) in [5.41, 5.74) is -0.326. The highest BCUT2D eigenvalue weighted by atomic mass is 19.1. The maximum atomic E-state index is 13.2. The van der Waals surface area contributed by atoms with Gasteiger partial charge in [0.05, 0.1) is 35.7 Å². The molecule has 0 bridgehead atoms. The van der Waals surface area contributed by atoms with E-state index in [4.69, 9.17) is 0 Å². The lowest BCUT2D eigenvalue weighted by Gasteiger charge is -2.15.